The largest absolute Gasteiger partial charge is 0.486 e. The number of rotatable bonds is 3. The van der Waals surface area contributed by atoms with E-state index in [1.165, 1.54) is 0 Å². The zero-order valence-electron chi connectivity index (χ0n) is 11.2. The number of hydrogen-bond acceptors (Lipinski definition) is 3. The molecule has 1 aromatic carbocycles. The molecule has 0 saturated heterocycles. The van der Waals surface area contributed by atoms with Crippen LogP contribution in [-0.4, -0.2) is 24.3 Å². The zero-order valence-corrected chi connectivity index (χ0v) is 12.8. The van der Waals surface area contributed by atoms with E-state index in [0.717, 1.165) is 15.6 Å². The van der Waals surface area contributed by atoms with Gasteiger partial charge in [-0.3, -0.25) is 4.79 Å². The molecule has 0 spiro atoms. The Morgan fingerprint density at radius 3 is 2.53 bits per heavy atom. The quantitative estimate of drug-likeness (QED) is 0.925. The second kappa shape index (κ2) is 5.04. The van der Waals surface area contributed by atoms with Crippen molar-refractivity contribution < 1.29 is 19.4 Å². The van der Waals surface area contributed by atoms with Gasteiger partial charge in [0.2, 0.25) is 0 Å². The van der Waals surface area contributed by atoms with Gasteiger partial charge in [0, 0.05) is 5.41 Å². The summed E-state index contributed by atoms with van der Waals surface area (Å²) >= 11 is 3.47. The molecule has 0 radical (unpaired) electrons. The molecule has 0 atom stereocenters. The number of halogens is 1. The first-order valence-electron chi connectivity index (χ1n) is 6.14. The maximum atomic E-state index is 11.0. The molecule has 1 N–H and O–H groups in total. The molecule has 0 fully saturated rings. The summed E-state index contributed by atoms with van der Waals surface area (Å²) in [4.78, 5) is 11.0. The molecular formula is C14H17BrO4. The Morgan fingerprint density at radius 1 is 1.37 bits per heavy atom. The maximum Gasteiger partial charge on any atom is 0.304 e. The normalized spacial score (nSPS) is 14.3. The fraction of sp³-hybridized carbons (Fsp3) is 0.500. The van der Waals surface area contributed by atoms with E-state index in [2.05, 4.69) is 15.9 Å². The van der Waals surface area contributed by atoms with Crippen molar-refractivity contribution in [2.24, 2.45) is 0 Å². The maximum absolute atomic E-state index is 11.0. The fourth-order valence-electron chi connectivity index (χ4n) is 2.47. The Morgan fingerprint density at radius 2 is 1.95 bits per heavy atom. The van der Waals surface area contributed by atoms with Crippen molar-refractivity contribution in [3.05, 3.63) is 21.7 Å². The minimum absolute atomic E-state index is 0.0694. The minimum atomic E-state index is -0.810. The summed E-state index contributed by atoms with van der Waals surface area (Å²) in [5.74, 6) is 0.614. The number of carboxylic acid groups (broad SMARTS) is 1. The van der Waals surface area contributed by atoms with Crippen LogP contribution in [0.25, 0.3) is 0 Å². The number of fused-ring (bicyclic) bond motifs is 1. The summed E-state index contributed by atoms with van der Waals surface area (Å²) in [6.07, 6.45) is 0.0694. The SMILES string of the molecule is Cc1c(C(C)(C)CC(=O)O)cc(Br)c2c1OCCO2. The van der Waals surface area contributed by atoms with E-state index in [0.29, 0.717) is 24.7 Å². The van der Waals surface area contributed by atoms with Crippen LogP contribution in [0.4, 0.5) is 0 Å². The summed E-state index contributed by atoms with van der Waals surface area (Å²) in [7, 11) is 0. The number of ether oxygens (including phenoxy) is 2. The standard InChI is InChI=1S/C14H17BrO4/c1-8-9(14(2,3)7-11(16)17)6-10(15)13-12(8)18-4-5-19-13/h6H,4-5,7H2,1-3H3,(H,16,17). The van der Waals surface area contributed by atoms with Crippen LogP contribution in [0.3, 0.4) is 0 Å². The lowest BCUT2D eigenvalue weighted by Gasteiger charge is -2.29. The molecule has 104 valence electrons. The molecule has 0 aromatic heterocycles. The van der Waals surface area contributed by atoms with Gasteiger partial charge in [0.15, 0.2) is 11.5 Å². The lowest BCUT2D eigenvalue weighted by molar-refractivity contribution is -0.138. The monoisotopic (exact) mass is 328 g/mol. The highest BCUT2D eigenvalue weighted by atomic mass is 79.9. The average Bonchev–Trinajstić information content (AvgIpc) is 2.32. The summed E-state index contributed by atoms with van der Waals surface area (Å²) in [5.41, 5.74) is 1.45. The molecule has 0 bridgehead atoms. The number of benzene rings is 1. The van der Waals surface area contributed by atoms with E-state index >= 15 is 0 Å². The Labute approximate surface area is 120 Å². The molecule has 5 heteroatoms. The highest BCUT2D eigenvalue weighted by Gasteiger charge is 2.30. The second-order valence-electron chi connectivity index (χ2n) is 5.34. The number of aliphatic carboxylic acids is 1. The van der Waals surface area contributed by atoms with Gasteiger partial charge in [-0.25, -0.2) is 0 Å². The number of carboxylic acids is 1. The molecule has 0 amide bonds. The van der Waals surface area contributed by atoms with Crippen LogP contribution in [0.1, 0.15) is 31.4 Å². The van der Waals surface area contributed by atoms with Gasteiger partial charge >= 0.3 is 5.97 Å². The van der Waals surface area contributed by atoms with E-state index in [1.807, 2.05) is 26.8 Å². The van der Waals surface area contributed by atoms with Crippen molar-refractivity contribution in [2.75, 3.05) is 13.2 Å². The van der Waals surface area contributed by atoms with Gasteiger partial charge in [-0.1, -0.05) is 13.8 Å². The number of carbonyl (C=O) groups is 1. The molecular weight excluding hydrogens is 312 g/mol. The van der Waals surface area contributed by atoms with Crippen molar-refractivity contribution >= 4 is 21.9 Å². The van der Waals surface area contributed by atoms with E-state index in [9.17, 15) is 4.79 Å². The van der Waals surface area contributed by atoms with Gasteiger partial charge in [-0.2, -0.15) is 0 Å². The summed E-state index contributed by atoms with van der Waals surface area (Å²) in [6.45, 7) is 6.84. The third-order valence-electron chi connectivity index (χ3n) is 3.34. The van der Waals surface area contributed by atoms with E-state index in [1.54, 1.807) is 0 Å². The van der Waals surface area contributed by atoms with E-state index < -0.39 is 11.4 Å². The predicted octanol–water partition coefficient (Wildman–Crippen LogP) is 3.28. The predicted molar refractivity (Wildman–Crippen MR) is 75.1 cm³/mol. The highest BCUT2D eigenvalue weighted by molar-refractivity contribution is 9.10. The average molecular weight is 329 g/mol. The van der Waals surface area contributed by atoms with Crippen molar-refractivity contribution in [3.63, 3.8) is 0 Å². The Bertz CT molecular complexity index is 523. The van der Waals surface area contributed by atoms with Crippen LogP contribution >= 0.6 is 15.9 Å². The Kier molecular flexibility index (Phi) is 3.76. The van der Waals surface area contributed by atoms with Crippen LogP contribution in [0.15, 0.2) is 10.5 Å². The topological polar surface area (TPSA) is 55.8 Å². The minimum Gasteiger partial charge on any atom is -0.486 e. The first kappa shape index (κ1) is 14.2. The van der Waals surface area contributed by atoms with Crippen molar-refractivity contribution in [1.29, 1.82) is 0 Å². The fourth-order valence-corrected chi connectivity index (χ4v) is 3.00. The first-order valence-corrected chi connectivity index (χ1v) is 6.93. The molecule has 2 rings (SSSR count). The Balaban J connectivity index is 2.53. The van der Waals surface area contributed by atoms with Gasteiger partial charge in [0.25, 0.3) is 0 Å². The summed E-state index contributed by atoms with van der Waals surface area (Å²) in [6, 6.07) is 1.94. The molecule has 4 nitrogen and oxygen atoms in total. The zero-order chi connectivity index (χ0) is 14.2. The summed E-state index contributed by atoms with van der Waals surface area (Å²) in [5, 5.41) is 9.04. The lowest BCUT2D eigenvalue weighted by Crippen LogP contribution is -2.24. The van der Waals surface area contributed by atoms with Gasteiger partial charge < -0.3 is 14.6 Å². The molecule has 1 aliphatic rings. The van der Waals surface area contributed by atoms with Crippen LogP contribution in [-0.2, 0) is 10.2 Å². The number of hydrogen-bond donors (Lipinski definition) is 1. The van der Waals surface area contributed by atoms with Crippen molar-refractivity contribution in [2.45, 2.75) is 32.6 Å². The van der Waals surface area contributed by atoms with E-state index in [-0.39, 0.29) is 6.42 Å². The second-order valence-corrected chi connectivity index (χ2v) is 6.19. The molecule has 19 heavy (non-hydrogen) atoms. The van der Waals surface area contributed by atoms with Crippen LogP contribution in [0, 0.1) is 6.92 Å². The van der Waals surface area contributed by atoms with E-state index in [4.69, 9.17) is 14.6 Å². The van der Waals surface area contributed by atoms with Crippen molar-refractivity contribution in [1.82, 2.24) is 0 Å². The van der Waals surface area contributed by atoms with Crippen LogP contribution in [0.2, 0.25) is 0 Å². The van der Waals surface area contributed by atoms with Gasteiger partial charge in [0.1, 0.15) is 13.2 Å². The molecule has 1 heterocycles. The smallest absolute Gasteiger partial charge is 0.304 e. The van der Waals surface area contributed by atoms with Gasteiger partial charge in [0.05, 0.1) is 10.9 Å². The Hall–Kier alpha value is -1.23. The first-order chi connectivity index (χ1) is 8.83. The highest BCUT2D eigenvalue weighted by Crippen LogP contribution is 2.45. The third kappa shape index (κ3) is 2.71. The molecule has 0 unspecified atom stereocenters. The third-order valence-corrected chi connectivity index (χ3v) is 3.93. The molecule has 1 aromatic rings. The molecule has 0 aliphatic carbocycles. The molecule has 0 saturated carbocycles. The molecule has 1 aliphatic heterocycles. The summed E-state index contributed by atoms with van der Waals surface area (Å²) < 4.78 is 12.1. The van der Waals surface area contributed by atoms with Gasteiger partial charge in [-0.05, 0) is 40.0 Å². The lowest BCUT2D eigenvalue weighted by atomic mass is 9.79. The van der Waals surface area contributed by atoms with Gasteiger partial charge in [-0.15, -0.1) is 0 Å². The van der Waals surface area contributed by atoms with Crippen molar-refractivity contribution in [3.8, 4) is 11.5 Å². The van der Waals surface area contributed by atoms with Crippen LogP contribution < -0.4 is 9.47 Å². The van der Waals surface area contributed by atoms with Crippen LogP contribution in [0.5, 0.6) is 11.5 Å².